The first-order valence-electron chi connectivity index (χ1n) is 6.33. The molecule has 1 unspecified atom stereocenters. The number of urea groups is 1. The Morgan fingerprint density at radius 2 is 2.00 bits per heavy atom. The topological polar surface area (TPSA) is 109 Å². The summed E-state index contributed by atoms with van der Waals surface area (Å²) in [6.07, 6.45) is 1.48. The van der Waals surface area contributed by atoms with E-state index in [0.717, 1.165) is 11.2 Å². The summed E-state index contributed by atoms with van der Waals surface area (Å²) < 4.78 is 26.6. The van der Waals surface area contributed by atoms with Crippen LogP contribution in [0.5, 0.6) is 0 Å². The molecule has 2 aliphatic rings. The average molecular weight is 316 g/mol. The number of fused-ring (bicyclic) bond motifs is 1. The largest absolute Gasteiger partial charge is 0.351 e. The molecular formula is C11H16N4O5S. The van der Waals surface area contributed by atoms with Gasteiger partial charge in [0.05, 0.1) is 19.4 Å². The predicted octanol–water partition coefficient (Wildman–Crippen LogP) is -0.554. The first-order valence-corrected chi connectivity index (χ1v) is 8.15. The highest BCUT2D eigenvalue weighted by molar-refractivity contribution is 7.85. The molecule has 0 aromatic carbocycles. The van der Waals surface area contributed by atoms with Gasteiger partial charge in [-0.3, -0.25) is 18.9 Å². The van der Waals surface area contributed by atoms with Crippen LogP contribution in [0.2, 0.25) is 0 Å². The first-order chi connectivity index (χ1) is 9.74. The quantitative estimate of drug-likeness (QED) is 0.629. The van der Waals surface area contributed by atoms with Gasteiger partial charge in [0.15, 0.2) is 11.9 Å². The lowest BCUT2D eigenvalue weighted by Crippen LogP contribution is -2.50. The van der Waals surface area contributed by atoms with Crippen LogP contribution in [0.1, 0.15) is 13.3 Å². The van der Waals surface area contributed by atoms with E-state index in [4.69, 9.17) is 0 Å². The molecule has 2 rings (SSSR count). The third-order valence-electron chi connectivity index (χ3n) is 3.10. The first kappa shape index (κ1) is 15.6. The van der Waals surface area contributed by atoms with Gasteiger partial charge in [0.1, 0.15) is 5.84 Å². The lowest BCUT2D eigenvalue weighted by Gasteiger charge is -2.26. The molecule has 9 nitrogen and oxygen atoms in total. The van der Waals surface area contributed by atoms with E-state index in [2.05, 4.69) is 14.2 Å². The summed E-state index contributed by atoms with van der Waals surface area (Å²) in [5.74, 6) is 0.367. The minimum atomic E-state index is -3.55. The SMILES string of the molecule is CCC1=NC2C(=O)N(C)C(=O)N=C2N1CCOS(C)(=O)=O. The van der Waals surface area contributed by atoms with Gasteiger partial charge in [-0.25, -0.2) is 4.79 Å². The van der Waals surface area contributed by atoms with Crippen LogP contribution in [0, 0.1) is 0 Å². The monoisotopic (exact) mass is 316 g/mol. The number of amides is 3. The van der Waals surface area contributed by atoms with Crippen LogP contribution >= 0.6 is 0 Å². The highest BCUT2D eigenvalue weighted by Gasteiger charge is 2.43. The van der Waals surface area contributed by atoms with Crippen molar-refractivity contribution in [2.75, 3.05) is 26.5 Å². The van der Waals surface area contributed by atoms with Crippen LogP contribution in [0.3, 0.4) is 0 Å². The van der Waals surface area contributed by atoms with Crippen LogP contribution in [-0.2, 0) is 19.1 Å². The van der Waals surface area contributed by atoms with E-state index in [1.807, 2.05) is 6.92 Å². The molecule has 3 amide bonds. The second-order valence-corrected chi connectivity index (χ2v) is 6.27. The van der Waals surface area contributed by atoms with Crippen molar-refractivity contribution in [1.82, 2.24) is 9.80 Å². The van der Waals surface area contributed by atoms with Gasteiger partial charge in [-0.05, 0) is 0 Å². The van der Waals surface area contributed by atoms with E-state index in [1.54, 1.807) is 4.90 Å². The van der Waals surface area contributed by atoms with Crippen LogP contribution in [0.25, 0.3) is 0 Å². The number of aliphatic imine (C=N–C) groups is 2. The van der Waals surface area contributed by atoms with E-state index < -0.39 is 28.1 Å². The molecule has 0 aromatic rings. The van der Waals surface area contributed by atoms with Crippen LogP contribution in [-0.4, -0.2) is 74.3 Å². The number of imide groups is 1. The van der Waals surface area contributed by atoms with E-state index >= 15 is 0 Å². The van der Waals surface area contributed by atoms with Crippen molar-refractivity contribution in [3.8, 4) is 0 Å². The van der Waals surface area contributed by atoms with Gasteiger partial charge in [0, 0.05) is 13.5 Å². The second-order valence-electron chi connectivity index (χ2n) is 4.63. The molecule has 0 saturated heterocycles. The minimum Gasteiger partial charge on any atom is -0.313 e. The molecule has 10 heteroatoms. The Hall–Kier alpha value is -1.81. The molecule has 0 fully saturated rings. The summed E-state index contributed by atoms with van der Waals surface area (Å²) in [6.45, 7) is 1.89. The number of likely N-dealkylation sites (N-methyl/N-ethyl adjacent to an activating group) is 1. The van der Waals surface area contributed by atoms with Crippen LogP contribution < -0.4 is 0 Å². The Balaban J connectivity index is 2.20. The predicted molar refractivity (Wildman–Crippen MR) is 74.6 cm³/mol. The van der Waals surface area contributed by atoms with Gasteiger partial charge in [-0.2, -0.15) is 13.4 Å². The van der Waals surface area contributed by atoms with Gasteiger partial charge >= 0.3 is 6.03 Å². The Labute approximate surface area is 122 Å². The number of nitrogens with zero attached hydrogens (tertiary/aromatic N) is 4. The Morgan fingerprint density at radius 1 is 1.33 bits per heavy atom. The van der Waals surface area contributed by atoms with Gasteiger partial charge < -0.3 is 4.90 Å². The number of carbonyl (C=O) groups excluding carboxylic acids is 2. The van der Waals surface area contributed by atoms with Crippen molar-refractivity contribution in [1.29, 1.82) is 0 Å². The molecule has 0 bridgehead atoms. The Kier molecular flexibility index (Phi) is 4.10. The molecule has 0 N–H and O–H groups in total. The van der Waals surface area contributed by atoms with Crippen LogP contribution in [0.15, 0.2) is 9.98 Å². The van der Waals surface area contributed by atoms with Crippen molar-refractivity contribution < 1.29 is 22.2 Å². The van der Waals surface area contributed by atoms with Crippen molar-refractivity contribution in [3.05, 3.63) is 0 Å². The zero-order valence-corrected chi connectivity index (χ0v) is 12.8. The number of amidine groups is 2. The average Bonchev–Trinajstić information content (AvgIpc) is 2.73. The molecule has 0 aliphatic carbocycles. The molecule has 0 radical (unpaired) electrons. The molecule has 116 valence electrons. The Bertz CT molecular complexity index is 639. The standard InChI is InChI=1S/C11H16N4O5S/c1-4-7-12-8-9(13-11(17)14(2)10(8)16)15(7)5-6-20-21(3,18)19/h8H,4-6H2,1-3H3. The third kappa shape index (κ3) is 3.10. The van der Waals surface area contributed by atoms with Crippen LogP contribution in [0.4, 0.5) is 4.79 Å². The fraction of sp³-hybridized carbons (Fsp3) is 0.636. The lowest BCUT2D eigenvalue weighted by molar-refractivity contribution is -0.127. The number of hydrogen-bond acceptors (Lipinski definition) is 7. The summed E-state index contributed by atoms with van der Waals surface area (Å²) in [5, 5.41) is 0. The van der Waals surface area contributed by atoms with Crippen molar-refractivity contribution in [2.45, 2.75) is 19.4 Å². The van der Waals surface area contributed by atoms with E-state index in [1.165, 1.54) is 7.05 Å². The molecule has 0 aromatic heterocycles. The number of carbonyl (C=O) groups is 2. The maximum Gasteiger partial charge on any atom is 0.351 e. The Morgan fingerprint density at radius 3 is 2.57 bits per heavy atom. The second kappa shape index (κ2) is 5.53. The summed E-state index contributed by atoms with van der Waals surface area (Å²) in [6, 6.07) is -1.49. The van der Waals surface area contributed by atoms with Gasteiger partial charge in [0.25, 0.3) is 16.0 Å². The number of hydrogen-bond donors (Lipinski definition) is 0. The zero-order valence-electron chi connectivity index (χ0n) is 11.9. The molecule has 1 atom stereocenters. The van der Waals surface area contributed by atoms with Gasteiger partial charge in [-0.1, -0.05) is 6.92 Å². The lowest BCUT2D eigenvalue weighted by atomic mass is 10.2. The molecule has 0 saturated carbocycles. The maximum atomic E-state index is 12.0. The van der Waals surface area contributed by atoms with E-state index in [-0.39, 0.29) is 19.0 Å². The third-order valence-corrected chi connectivity index (χ3v) is 3.70. The minimum absolute atomic E-state index is 0.109. The fourth-order valence-corrected chi connectivity index (χ4v) is 2.48. The molecule has 21 heavy (non-hydrogen) atoms. The summed E-state index contributed by atoms with van der Waals surface area (Å²) in [5.41, 5.74) is 0. The summed E-state index contributed by atoms with van der Waals surface area (Å²) in [4.78, 5) is 34.3. The van der Waals surface area contributed by atoms with Crippen molar-refractivity contribution in [3.63, 3.8) is 0 Å². The highest BCUT2D eigenvalue weighted by atomic mass is 32.2. The fourth-order valence-electron chi connectivity index (χ4n) is 2.10. The molecule has 2 heterocycles. The van der Waals surface area contributed by atoms with Crippen molar-refractivity contribution >= 4 is 33.7 Å². The molecule has 0 spiro atoms. The maximum absolute atomic E-state index is 12.0. The highest BCUT2D eigenvalue weighted by Crippen LogP contribution is 2.20. The van der Waals surface area contributed by atoms with Crippen molar-refractivity contribution in [2.24, 2.45) is 9.98 Å². The summed E-state index contributed by atoms with van der Waals surface area (Å²) in [7, 11) is -2.20. The van der Waals surface area contributed by atoms with E-state index in [0.29, 0.717) is 12.3 Å². The number of rotatable bonds is 5. The van der Waals surface area contributed by atoms with Gasteiger partial charge in [0.2, 0.25) is 0 Å². The zero-order chi connectivity index (χ0) is 15.8. The molecular weight excluding hydrogens is 300 g/mol. The van der Waals surface area contributed by atoms with E-state index in [9.17, 15) is 18.0 Å². The smallest absolute Gasteiger partial charge is 0.313 e. The summed E-state index contributed by atoms with van der Waals surface area (Å²) >= 11 is 0. The van der Waals surface area contributed by atoms with Gasteiger partial charge in [-0.15, -0.1) is 0 Å². The molecule has 2 aliphatic heterocycles. The normalized spacial score (nSPS) is 22.3.